The molecule has 1 spiro atoms. The van der Waals surface area contributed by atoms with E-state index in [9.17, 15) is 14.7 Å². The number of imide groups is 1. The summed E-state index contributed by atoms with van der Waals surface area (Å²) in [5.74, 6) is -0.113. The molecular formula is C18H16N2O3. The first-order valence-corrected chi connectivity index (χ1v) is 8.01. The van der Waals surface area contributed by atoms with Crippen LogP contribution in [0.5, 0.6) is 5.75 Å². The summed E-state index contributed by atoms with van der Waals surface area (Å²) in [6.45, 7) is 0. The summed E-state index contributed by atoms with van der Waals surface area (Å²) < 4.78 is 0. The van der Waals surface area contributed by atoms with Gasteiger partial charge in [0, 0.05) is 0 Å². The normalized spacial score (nSPS) is 35.7. The number of aromatic hydroxyl groups is 1. The fourth-order valence-electron chi connectivity index (χ4n) is 4.86. The van der Waals surface area contributed by atoms with Gasteiger partial charge in [-0.2, -0.15) is 10.1 Å². The third-order valence-electron chi connectivity index (χ3n) is 6.04. The molecule has 1 N–H and O–H groups in total. The van der Waals surface area contributed by atoms with Gasteiger partial charge < -0.3 is 5.11 Å². The molecule has 1 heterocycles. The zero-order valence-corrected chi connectivity index (χ0v) is 12.4. The molecule has 116 valence electrons. The van der Waals surface area contributed by atoms with Crippen LogP contribution in [0.15, 0.2) is 41.5 Å². The molecule has 3 fully saturated rings. The van der Waals surface area contributed by atoms with E-state index in [4.69, 9.17) is 0 Å². The van der Waals surface area contributed by atoms with E-state index in [2.05, 4.69) is 17.3 Å². The van der Waals surface area contributed by atoms with Crippen molar-refractivity contribution in [2.45, 2.75) is 12.8 Å². The summed E-state index contributed by atoms with van der Waals surface area (Å²) in [6, 6.07) is 6.47. The van der Waals surface area contributed by atoms with E-state index < -0.39 is 0 Å². The second-order valence-corrected chi connectivity index (χ2v) is 7.05. The molecule has 5 nitrogen and oxygen atoms in total. The van der Waals surface area contributed by atoms with Crippen LogP contribution in [-0.2, 0) is 9.59 Å². The number of fused-ring (bicyclic) bond motifs is 3. The first-order chi connectivity index (χ1) is 11.1. The first-order valence-electron chi connectivity index (χ1n) is 8.01. The predicted octanol–water partition coefficient (Wildman–Crippen LogP) is 1.92. The minimum Gasteiger partial charge on any atom is -0.508 e. The number of hydrogen-bond donors (Lipinski definition) is 1. The Bertz CT molecular complexity index is 742. The molecule has 0 radical (unpaired) electrons. The lowest BCUT2D eigenvalue weighted by Crippen LogP contribution is -2.30. The largest absolute Gasteiger partial charge is 0.508 e. The molecular weight excluding hydrogens is 292 g/mol. The maximum atomic E-state index is 12.7. The molecule has 23 heavy (non-hydrogen) atoms. The molecule has 1 saturated heterocycles. The van der Waals surface area contributed by atoms with Crippen molar-refractivity contribution in [1.29, 1.82) is 0 Å². The minimum atomic E-state index is -0.211. The van der Waals surface area contributed by atoms with Crippen molar-refractivity contribution in [2.24, 2.45) is 34.2 Å². The van der Waals surface area contributed by atoms with Crippen molar-refractivity contribution < 1.29 is 14.7 Å². The van der Waals surface area contributed by atoms with Gasteiger partial charge in [-0.05, 0) is 59.9 Å². The van der Waals surface area contributed by atoms with Gasteiger partial charge in [0.15, 0.2) is 0 Å². The second kappa shape index (κ2) is 4.10. The lowest BCUT2D eigenvalue weighted by molar-refractivity contribution is -0.141. The van der Waals surface area contributed by atoms with Crippen LogP contribution in [0, 0.1) is 29.1 Å². The Labute approximate surface area is 133 Å². The maximum absolute atomic E-state index is 12.7. The molecule has 1 aliphatic heterocycles. The number of phenolic OH excluding ortho intramolecular Hbond substituents is 1. The first kappa shape index (κ1) is 13.0. The Morgan fingerprint density at radius 3 is 2.13 bits per heavy atom. The summed E-state index contributed by atoms with van der Waals surface area (Å²) in [5.41, 5.74) is 0.952. The number of rotatable bonds is 2. The highest BCUT2D eigenvalue weighted by Gasteiger charge is 2.73. The van der Waals surface area contributed by atoms with Crippen molar-refractivity contribution in [2.75, 3.05) is 0 Å². The van der Waals surface area contributed by atoms with Crippen LogP contribution in [0.25, 0.3) is 0 Å². The van der Waals surface area contributed by atoms with Crippen LogP contribution in [0.4, 0.5) is 0 Å². The Hall–Kier alpha value is -2.43. The summed E-state index contributed by atoms with van der Waals surface area (Å²) in [5, 5.41) is 14.5. The van der Waals surface area contributed by atoms with E-state index in [1.54, 1.807) is 24.3 Å². The van der Waals surface area contributed by atoms with E-state index in [1.165, 1.54) is 6.21 Å². The molecule has 5 heteroatoms. The summed E-state index contributed by atoms with van der Waals surface area (Å²) >= 11 is 0. The van der Waals surface area contributed by atoms with Crippen molar-refractivity contribution in [3.63, 3.8) is 0 Å². The molecule has 1 aromatic rings. The Kier molecular flexibility index (Phi) is 2.33. The Balaban J connectivity index is 1.43. The molecule has 2 saturated carbocycles. The van der Waals surface area contributed by atoms with Gasteiger partial charge in [0.25, 0.3) is 11.8 Å². The molecule has 2 amide bonds. The number of carbonyl (C=O) groups is 2. The van der Waals surface area contributed by atoms with Crippen LogP contribution in [-0.4, -0.2) is 28.1 Å². The molecule has 4 aliphatic rings. The van der Waals surface area contributed by atoms with Crippen molar-refractivity contribution >= 4 is 18.0 Å². The average molecular weight is 308 g/mol. The van der Waals surface area contributed by atoms with Crippen molar-refractivity contribution in [1.82, 2.24) is 5.01 Å². The quantitative estimate of drug-likeness (QED) is 0.515. The van der Waals surface area contributed by atoms with Crippen LogP contribution in [0.3, 0.4) is 0 Å². The number of allylic oxidation sites excluding steroid dienone is 2. The van der Waals surface area contributed by atoms with E-state index in [-0.39, 0.29) is 46.7 Å². The average Bonchev–Trinajstić information content (AvgIpc) is 3.15. The zero-order chi connectivity index (χ0) is 15.8. The highest BCUT2D eigenvalue weighted by atomic mass is 16.3. The molecule has 2 bridgehead atoms. The standard InChI is InChI=1S/C18H16N2O3/c21-11-3-1-10(2-4-11)9-19-20-16(22)14-12-5-6-13(15(14)17(20)23)18(12)7-8-18/h1-6,9,12-15,21H,7-8H2/b19-9-/t12-,13-,14-,15-/m0/s1. The van der Waals surface area contributed by atoms with E-state index >= 15 is 0 Å². The van der Waals surface area contributed by atoms with Gasteiger partial charge in [-0.15, -0.1) is 0 Å². The summed E-state index contributed by atoms with van der Waals surface area (Å²) in [7, 11) is 0. The Morgan fingerprint density at radius 2 is 1.61 bits per heavy atom. The number of nitrogens with zero attached hydrogens (tertiary/aromatic N) is 2. The lowest BCUT2D eigenvalue weighted by atomic mass is 9.85. The second-order valence-electron chi connectivity index (χ2n) is 7.05. The number of hydrogen-bond acceptors (Lipinski definition) is 4. The topological polar surface area (TPSA) is 70.0 Å². The van der Waals surface area contributed by atoms with Crippen LogP contribution in [0.1, 0.15) is 18.4 Å². The van der Waals surface area contributed by atoms with E-state index in [0.717, 1.165) is 23.4 Å². The molecule has 0 aromatic heterocycles. The van der Waals surface area contributed by atoms with Gasteiger partial charge >= 0.3 is 0 Å². The van der Waals surface area contributed by atoms with Crippen LogP contribution >= 0.6 is 0 Å². The van der Waals surface area contributed by atoms with Gasteiger partial charge in [-0.1, -0.05) is 12.2 Å². The molecule has 3 aliphatic carbocycles. The predicted molar refractivity (Wildman–Crippen MR) is 82.3 cm³/mol. The van der Waals surface area contributed by atoms with Crippen LogP contribution < -0.4 is 0 Å². The van der Waals surface area contributed by atoms with E-state index in [0.29, 0.717) is 0 Å². The van der Waals surface area contributed by atoms with Gasteiger partial charge in [0.1, 0.15) is 5.75 Å². The fraction of sp³-hybridized carbons (Fsp3) is 0.389. The highest BCUT2D eigenvalue weighted by molar-refractivity contribution is 6.07. The summed E-state index contributed by atoms with van der Waals surface area (Å²) in [6.07, 6.45) is 8.08. The zero-order valence-electron chi connectivity index (χ0n) is 12.4. The van der Waals surface area contributed by atoms with E-state index in [1.807, 2.05) is 0 Å². The SMILES string of the molecule is O=C1[C@@H]2[C@@H](C(=O)N1/N=C\c1ccc(O)cc1)[C@@H]1C=C[C@@H]2C12CC2. The minimum absolute atomic E-state index is 0.154. The smallest absolute Gasteiger partial charge is 0.254 e. The molecule has 4 atom stereocenters. The monoisotopic (exact) mass is 308 g/mol. The molecule has 1 aromatic carbocycles. The number of phenols is 1. The van der Waals surface area contributed by atoms with Gasteiger partial charge in [-0.3, -0.25) is 9.59 Å². The third kappa shape index (κ3) is 1.54. The van der Waals surface area contributed by atoms with Crippen molar-refractivity contribution in [3.8, 4) is 5.75 Å². The lowest BCUT2D eigenvalue weighted by Gasteiger charge is -2.18. The number of benzene rings is 1. The van der Waals surface area contributed by atoms with Gasteiger partial charge in [0.2, 0.25) is 0 Å². The van der Waals surface area contributed by atoms with Crippen molar-refractivity contribution in [3.05, 3.63) is 42.0 Å². The van der Waals surface area contributed by atoms with Crippen LogP contribution in [0.2, 0.25) is 0 Å². The highest BCUT2D eigenvalue weighted by Crippen LogP contribution is 2.73. The maximum Gasteiger partial charge on any atom is 0.254 e. The Morgan fingerprint density at radius 1 is 1.04 bits per heavy atom. The molecule has 0 unspecified atom stereocenters. The van der Waals surface area contributed by atoms with Gasteiger partial charge in [-0.25, -0.2) is 0 Å². The van der Waals surface area contributed by atoms with Gasteiger partial charge in [0.05, 0.1) is 18.1 Å². The fourth-order valence-corrected chi connectivity index (χ4v) is 4.86. The number of carbonyl (C=O) groups excluding carboxylic acids is 2. The molecule has 5 rings (SSSR count). The number of hydrazone groups is 1. The summed E-state index contributed by atoms with van der Waals surface area (Å²) in [4.78, 5) is 25.4. The number of amides is 2. The third-order valence-corrected chi connectivity index (χ3v) is 6.04.